The summed E-state index contributed by atoms with van der Waals surface area (Å²) in [6, 6.07) is 0.752. The largest absolute Gasteiger partial charge is 0.395 e. The average molecular weight is 242 g/mol. The van der Waals surface area contributed by atoms with Crippen molar-refractivity contribution in [1.82, 2.24) is 4.90 Å². The normalized spacial score (nSPS) is 22.1. The molecule has 1 rings (SSSR count). The Bertz CT molecular complexity index is 219. The maximum atomic E-state index is 9.70. The quantitative estimate of drug-likeness (QED) is 0.775. The van der Waals surface area contributed by atoms with Gasteiger partial charge in [0.1, 0.15) is 0 Å². The smallest absolute Gasteiger partial charge is 0.0602 e. The first kappa shape index (κ1) is 14.9. The molecule has 1 aliphatic carbocycles. The molecule has 2 unspecified atom stereocenters. The Morgan fingerprint density at radius 2 is 1.82 bits per heavy atom. The fraction of sp³-hybridized carbons (Fsp3) is 1.00. The van der Waals surface area contributed by atoms with E-state index in [1.165, 1.54) is 25.7 Å². The van der Waals surface area contributed by atoms with Gasteiger partial charge < -0.3 is 10.8 Å². The van der Waals surface area contributed by atoms with Gasteiger partial charge in [0.2, 0.25) is 0 Å². The lowest BCUT2D eigenvalue weighted by atomic mass is 9.82. The fourth-order valence-corrected chi connectivity index (χ4v) is 3.00. The topological polar surface area (TPSA) is 49.5 Å². The number of rotatable bonds is 5. The van der Waals surface area contributed by atoms with E-state index in [1.54, 1.807) is 0 Å². The van der Waals surface area contributed by atoms with Gasteiger partial charge in [-0.1, -0.05) is 40.5 Å². The van der Waals surface area contributed by atoms with Gasteiger partial charge in [-0.3, -0.25) is 4.90 Å². The molecule has 3 heteroatoms. The van der Waals surface area contributed by atoms with Crippen LogP contribution >= 0.6 is 0 Å². The Labute approximate surface area is 106 Å². The molecule has 0 aromatic carbocycles. The lowest BCUT2D eigenvalue weighted by molar-refractivity contribution is 0.0456. The number of hydrogen-bond donors (Lipinski definition) is 2. The van der Waals surface area contributed by atoms with Crippen LogP contribution in [-0.4, -0.2) is 41.3 Å². The Balaban J connectivity index is 2.75. The van der Waals surface area contributed by atoms with Gasteiger partial charge in [0.15, 0.2) is 0 Å². The molecule has 102 valence electrons. The number of nitrogens with two attached hydrogens (primary N) is 1. The fourth-order valence-electron chi connectivity index (χ4n) is 3.00. The van der Waals surface area contributed by atoms with E-state index in [9.17, 15) is 5.11 Å². The Hall–Kier alpha value is -0.120. The molecule has 1 saturated carbocycles. The third-order valence-corrected chi connectivity index (χ3v) is 4.19. The molecule has 2 atom stereocenters. The molecular weight excluding hydrogens is 212 g/mol. The highest BCUT2D eigenvalue weighted by molar-refractivity contribution is 4.92. The van der Waals surface area contributed by atoms with Crippen LogP contribution in [0.3, 0.4) is 0 Å². The lowest BCUT2D eigenvalue weighted by Gasteiger charge is -2.42. The number of hydrogen-bond acceptors (Lipinski definition) is 3. The van der Waals surface area contributed by atoms with Crippen molar-refractivity contribution in [3.05, 3.63) is 0 Å². The van der Waals surface area contributed by atoms with Gasteiger partial charge >= 0.3 is 0 Å². The molecule has 0 heterocycles. The predicted octanol–water partition coefficient (Wildman–Crippen LogP) is 1.99. The van der Waals surface area contributed by atoms with Crippen molar-refractivity contribution >= 4 is 0 Å². The van der Waals surface area contributed by atoms with E-state index < -0.39 is 0 Å². The summed E-state index contributed by atoms with van der Waals surface area (Å²) in [5.74, 6) is 0. The van der Waals surface area contributed by atoms with E-state index in [-0.39, 0.29) is 24.1 Å². The van der Waals surface area contributed by atoms with Crippen LogP contribution in [0.2, 0.25) is 0 Å². The van der Waals surface area contributed by atoms with Crippen LogP contribution in [0.25, 0.3) is 0 Å². The van der Waals surface area contributed by atoms with Gasteiger partial charge in [-0.15, -0.1) is 0 Å². The van der Waals surface area contributed by atoms with E-state index in [4.69, 9.17) is 5.73 Å². The summed E-state index contributed by atoms with van der Waals surface area (Å²) in [6.07, 6.45) is 5.18. The number of aliphatic hydroxyl groups is 1. The molecule has 0 aromatic heterocycles. The molecule has 17 heavy (non-hydrogen) atoms. The van der Waals surface area contributed by atoms with E-state index in [2.05, 4.69) is 32.6 Å². The molecule has 0 bridgehead atoms. The van der Waals surface area contributed by atoms with Gasteiger partial charge in [0.25, 0.3) is 0 Å². The summed E-state index contributed by atoms with van der Waals surface area (Å²) in [5, 5.41) is 9.70. The monoisotopic (exact) mass is 242 g/mol. The van der Waals surface area contributed by atoms with E-state index in [0.29, 0.717) is 6.04 Å². The molecule has 0 aromatic rings. The van der Waals surface area contributed by atoms with Crippen molar-refractivity contribution in [2.75, 3.05) is 13.2 Å². The van der Waals surface area contributed by atoms with Crippen molar-refractivity contribution in [3.63, 3.8) is 0 Å². The zero-order valence-electron chi connectivity index (χ0n) is 11.9. The van der Waals surface area contributed by atoms with Gasteiger partial charge in [-0.25, -0.2) is 0 Å². The third-order valence-electron chi connectivity index (χ3n) is 4.19. The summed E-state index contributed by atoms with van der Waals surface area (Å²) in [5.41, 5.74) is 6.39. The number of nitrogens with zero attached hydrogens (tertiary/aromatic N) is 1. The van der Waals surface area contributed by atoms with Crippen molar-refractivity contribution in [2.45, 2.75) is 71.5 Å². The Morgan fingerprint density at radius 1 is 1.29 bits per heavy atom. The van der Waals surface area contributed by atoms with Crippen molar-refractivity contribution in [2.24, 2.45) is 11.1 Å². The zero-order valence-corrected chi connectivity index (χ0v) is 11.9. The first-order valence-corrected chi connectivity index (χ1v) is 7.04. The van der Waals surface area contributed by atoms with Crippen LogP contribution in [0.4, 0.5) is 0 Å². The summed E-state index contributed by atoms with van der Waals surface area (Å²) in [6.45, 7) is 9.80. The Kier molecular flexibility index (Phi) is 5.42. The predicted molar refractivity (Wildman–Crippen MR) is 72.9 cm³/mol. The summed E-state index contributed by atoms with van der Waals surface area (Å²) < 4.78 is 0. The minimum Gasteiger partial charge on any atom is -0.395 e. The maximum absolute atomic E-state index is 9.70. The lowest BCUT2D eigenvalue weighted by Crippen LogP contribution is -2.57. The highest BCUT2D eigenvalue weighted by atomic mass is 16.3. The van der Waals surface area contributed by atoms with Crippen molar-refractivity contribution < 1.29 is 5.11 Å². The van der Waals surface area contributed by atoms with Crippen LogP contribution in [0.1, 0.15) is 53.4 Å². The SMILES string of the molecule is CCN(C1CCCC1)C(CO)C(N)C(C)(C)C. The minimum atomic E-state index is 0.0213. The molecule has 1 aliphatic rings. The second kappa shape index (κ2) is 6.17. The highest BCUT2D eigenvalue weighted by Gasteiger charge is 2.35. The molecule has 0 amide bonds. The molecule has 0 spiro atoms. The van der Waals surface area contributed by atoms with Crippen LogP contribution in [0.15, 0.2) is 0 Å². The molecule has 0 radical (unpaired) electrons. The standard InChI is InChI=1S/C14H30N2O/c1-5-16(11-8-6-7-9-11)12(10-17)13(15)14(2,3)4/h11-13,17H,5-10,15H2,1-4H3. The zero-order chi connectivity index (χ0) is 13.1. The van der Waals surface area contributed by atoms with E-state index in [1.807, 2.05) is 0 Å². The van der Waals surface area contributed by atoms with E-state index in [0.717, 1.165) is 6.54 Å². The second-order valence-electron chi connectivity index (χ2n) is 6.41. The molecule has 3 nitrogen and oxygen atoms in total. The highest BCUT2D eigenvalue weighted by Crippen LogP contribution is 2.29. The van der Waals surface area contributed by atoms with Crippen LogP contribution in [-0.2, 0) is 0 Å². The van der Waals surface area contributed by atoms with Gasteiger partial charge in [-0.2, -0.15) is 0 Å². The minimum absolute atomic E-state index is 0.0213. The molecule has 0 saturated heterocycles. The third kappa shape index (κ3) is 3.67. The first-order valence-electron chi connectivity index (χ1n) is 7.04. The maximum Gasteiger partial charge on any atom is 0.0602 e. The van der Waals surface area contributed by atoms with Crippen molar-refractivity contribution in [3.8, 4) is 0 Å². The van der Waals surface area contributed by atoms with Crippen LogP contribution < -0.4 is 5.73 Å². The van der Waals surface area contributed by atoms with E-state index >= 15 is 0 Å². The molecule has 3 N–H and O–H groups in total. The number of aliphatic hydroxyl groups excluding tert-OH is 1. The summed E-state index contributed by atoms with van der Waals surface area (Å²) >= 11 is 0. The van der Waals surface area contributed by atoms with Crippen molar-refractivity contribution in [1.29, 1.82) is 0 Å². The Morgan fingerprint density at radius 3 is 2.18 bits per heavy atom. The first-order chi connectivity index (χ1) is 7.91. The second-order valence-corrected chi connectivity index (χ2v) is 6.41. The molecule has 1 fully saturated rings. The van der Waals surface area contributed by atoms with Gasteiger partial charge in [0, 0.05) is 18.1 Å². The van der Waals surface area contributed by atoms with Crippen LogP contribution in [0, 0.1) is 5.41 Å². The average Bonchev–Trinajstić information content (AvgIpc) is 2.76. The van der Waals surface area contributed by atoms with Gasteiger partial charge in [-0.05, 0) is 24.8 Å². The molecular formula is C14H30N2O. The summed E-state index contributed by atoms with van der Waals surface area (Å²) in [7, 11) is 0. The van der Waals surface area contributed by atoms with Crippen LogP contribution in [0.5, 0.6) is 0 Å². The number of likely N-dealkylation sites (N-methyl/N-ethyl adjacent to an activating group) is 1. The summed E-state index contributed by atoms with van der Waals surface area (Å²) in [4.78, 5) is 2.43. The molecule has 0 aliphatic heterocycles. The van der Waals surface area contributed by atoms with Gasteiger partial charge in [0.05, 0.1) is 6.61 Å².